The van der Waals surface area contributed by atoms with Gasteiger partial charge in [0.1, 0.15) is 0 Å². The highest BCUT2D eigenvalue weighted by atomic mass is 32.1. The van der Waals surface area contributed by atoms with E-state index in [0.717, 1.165) is 11.4 Å². The fourth-order valence-corrected chi connectivity index (χ4v) is 3.97. The van der Waals surface area contributed by atoms with Crippen molar-refractivity contribution >= 4 is 31.5 Å². The number of hydrogen-bond donors (Lipinski definition) is 0. The van der Waals surface area contributed by atoms with Gasteiger partial charge in [0.25, 0.3) is 0 Å². The average molecular weight is 316 g/mol. The minimum absolute atomic E-state index is 1.13. The normalized spacial score (nSPS) is 11.5. The van der Waals surface area contributed by atoms with Gasteiger partial charge in [-0.05, 0) is 36.4 Å². The van der Waals surface area contributed by atoms with Crippen LogP contribution in [0.1, 0.15) is 0 Å². The lowest BCUT2D eigenvalue weighted by molar-refractivity contribution is 1.06. The van der Waals surface area contributed by atoms with E-state index in [9.17, 15) is 0 Å². The number of fused-ring (bicyclic) bond motifs is 3. The van der Waals surface area contributed by atoms with Crippen molar-refractivity contribution in [2.24, 2.45) is 0 Å². The van der Waals surface area contributed by atoms with Gasteiger partial charge in [0.2, 0.25) is 0 Å². The Morgan fingerprint density at radius 1 is 0.696 bits per heavy atom. The van der Waals surface area contributed by atoms with Gasteiger partial charge in [-0.2, -0.15) is 0 Å². The van der Waals surface area contributed by atoms with Crippen LogP contribution in [-0.2, 0) is 0 Å². The molecule has 0 amide bonds. The predicted molar refractivity (Wildman–Crippen MR) is 93.6 cm³/mol. The number of rotatable bonds is 2. The van der Waals surface area contributed by atoms with Gasteiger partial charge >= 0.3 is 0 Å². The summed E-state index contributed by atoms with van der Waals surface area (Å²) in [6.07, 6.45) is 11.2. The summed E-state index contributed by atoms with van der Waals surface area (Å²) in [7, 11) is 0. The molecular weight excluding hydrogens is 304 g/mol. The van der Waals surface area contributed by atoms with Crippen molar-refractivity contribution in [3.63, 3.8) is 0 Å². The van der Waals surface area contributed by atoms with Crippen LogP contribution in [0.25, 0.3) is 31.5 Å². The third-order valence-corrected chi connectivity index (χ3v) is 5.19. The molecule has 5 aromatic rings. The minimum atomic E-state index is 1.13. The second-order valence-corrected chi connectivity index (χ2v) is 6.49. The topological polar surface area (TPSA) is 35.6 Å². The molecule has 0 saturated heterocycles. The molecule has 0 unspecified atom stereocenters. The summed E-state index contributed by atoms with van der Waals surface area (Å²) in [5.41, 5.74) is 2.26. The van der Waals surface area contributed by atoms with E-state index in [1.54, 1.807) is 12.4 Å². The van der Waals surface area contributed by atoms with E-state index in [1.807, 2.05) is 45.5 Å². The molecule has 0 N–H and O–H groups in total. The first-order valence-electron chi connectivity index (χ1n) is 7.31. The molecule has 5 heteroatoms. The number of hydrogen-bond acceptors (Lipinski definition) is 3. The van der Waals surface area contributed by atoms with Gasteiger partial charge in [-0.1, -0.05) is 0 Å². The van der Waals surface area contributed by atoms with Crippen LogP contribution < -0.4 is 0 Å². The van der Waals surface area contributed by atoms with Crippen LogP contribution in [0.3, 0.4) is 0 Å². The zero-order valence-electron chi connectivity index (χ0n) is 12.1. The van der Waals surface area contributed by atoms with Crippen molar-refractivity contribution in [1.82, 2.24) is 19.1 Å². The number of thiophene rings is 1. The second-order valence-electron chi connectivity index (χ2n) is 5.40. The molecule has 3 aromatic heterocycles. The Bertz CT molecular complexity index is 1020. The monoisotopic (exact) mass is 316 g/mol. The van der Waals surface area contributed by atoms with Gasteiger partial charge in [0.15, 0.2) is 0 Å². The van der Waals surface area contributed by atoms with Crippen LogP contribution in [0.15, 0.2) is 73.8 Å². The summed E-state index contributed by atoms with van der Waals surface area (Å²) in [4.78, 5) is 8.26. The Balaban J connectivity index is 1.77. The highest BCUT2D eigenvalue weighted by Crippen LogP contribution is 2.36. The molecule has 0 bridgehead atoms. The van der Waals surface area contributed by atoms with Crippen molar-refractivity contribution in [1.29, 1.82) is 0 Å². The van der Waals surface area contributed by atoms with E-state index in [4.69, 9.17) is 0 Å². The zero-order valence-corrected chi connectivity index (χ0v) is 12.9. The lowest BCUT2D eigenvalue weighted by Crippen LogP contribution is -1.89. The van der Waals surface area contributed by atoms with Crippen molar-refractivity contribution in [2.45, 2.75) is 0 Å². The summed E-state index contributed by atoms with van der Waals surface area (Å²) in [5, 5.41) is 2.55. The first kappa shape index (κ1) is 12.6. The Hall–Kier alpha value is -2.92. The SMILES string of the molecule is c1cn(-c2ccc3sc4ccc(-n5ccnc5)cc4c3c2)cn1. The molecule has 0 fully saturated rings. The van der Waals surface area contributed by atoms with Crippen LogP contribution in [0.2, 0.25) is 0 Å². The lowest BCUT2D eigenvalue weighted by Gasteiger charge is -2.03. The standard InChI is InChI=1S/C18H12N4S/c1-3-17-15(9-13(1)21-7-5-19-11-21)16-10-14(2-4-18(16)23-17)22-8-6-20-12-22/h1-12H. The van der Waals surface area contributed by atoms with Gasteiger partial charge in [0.05, 0.1) is 12.7 Å². The molecule has 110 valence electrons. The van der Waals surface area contributed by atoms with Crippen LogP contribution in [-0.4, -0.2) is 19.1 Å². The molecule has 0 spiro atoms. The van der Waals surface area contributed by atoms with Gasteiger partial charge in [-0.3, -0.25) is 0 Å². The highest BCUT2D eigenvalue weighted by molar-refractivity contribution is 7.25. The maximum atomic E-state index is 4.13. The largest absolute Gasteiger partial charge is 0.306 e. The maximum absolute atomic E-state index is 4.13. The van der Waals surface area contributed by atoms with Crippen molar-refractivity contribution in [3.8, 4) is 11.4 Å². The smallest absolute Gasteiger partial charge is 0.0991 e. The van der Waals surface area contributed by atoms with Gasteiger partial charge in [-0.25, -0.2) is 9.97 Å². The first-order chi connectivity index (χ1) is 11.4. The van der Waals surface area contributed by atoms with Crippen LogP contribution >= 0.6 is 11.3 Å². The fraction of sp³-hybridized carbons (Fsp3) is 0. The number of nitrogens with zero attached hydrogens (tertiary/aromatic N) is 4. The summed E-state index contributed by atoms with van der Waals surface area (Å²) in [5.74, 6) is 0. The van der Waals surface area contributed by atoms with Crippen molar-refractivity contribution in [3.05, 3.63) is 73.8 Å². The molecule has 0 aliphatic rings. The average Bonchev–Trinajstić information content (AvgIpc) is 3.33. The molecule has 23 heavy (non-hydrogen) atoms. The molecular formula is C18H12N4S. The predicted octanol–water partition coefficient (Wildman–Crippen LogP) is 4.43. The van der Waals surface area contributed by atoms with Crippen LogP contribution in [0.4, 0.5) is 0 Å². The molecule has 0 aliphatic heterocycles. The van der Waals surface area contributed by atoms with Gasteiger partial charge in [-0.15, -0.1) is 11.3 Å². The Kier molecular flexibility index (Phi) is 2.63. The number of benzene rings is 2. The van der Waals surface area contributed by atoms with Gasteiger partial charge in [0, 0.05) is 56.3 Å². The van der Waals surface area contributed by atoms with Crippen LogP contribution in [0.5, 0.6) is 0 Å². The van der Waals surface area contributed by atoms with Crippen molar-refractivity contribution in [2.75, 3.05) is 0 Å². The number of aromatic nitrogens is 4. The Morgan fingerprint density at radius 3 is 1.65 bits per heavy atom. The van der Waals surface area contributed by atoms with E-state index in [0.29, 0.717) is 0 Å². The summed E-state index contributed by atoms with van der Waals surface area (Å²) < 4.78 is 6.66. The summed E-state index contributed by atoms with van der Waals surface area (Å²) >= 11 is 1.82. The number of imidazole rings is 2. The molecule has 3 heterocycles. The van der Waals surface area contributed by atoms with E-state index >= 15 is 0 Å². The van der Waals surface area contributed by atoms with E-state index in [-0.39, 0.29) is 0 Å². The van der Waals surface area contributed by atoms with E-state index in [1.165, 1.54) is 20.2 Å². The Morgan fingerprint density at radius 2 is 1.22 bits per heavy atom. The molecule has 0 atom stereocenters. The molecule has 5 rings (SSSR count). The summed E-state index contributed by atoms with van der Waals surface area (Å²) in [6.45, 7) is 0. The van der Waals surface area contributed by atoms with E-state index in [2.05, 4.69) is 46.4 Å². The lowest BCUT2D eigenvalue weighted by atomic mass is 10.1. The molecule has 4 nitrogen and oxygen atoms in total. The molecule has 0 radical (unpaired) electrons. The quantitative estimate of drug-likeness (QED) is 0.483. The minimum Gasteiger partial charge on any atom is -0.306 e. The Labute approximate surface area is 136 Å². The zero-order chi connectivity index (χ0) is 15.2. The van der Waals surface area contributed by atoms with E-state index < -0.39 is 0 Å². The maximum Gasteiger partial charge on any atom is 0.0991 e. The van der Waals surface area contributed by atoms with Crippen LogP contribution in [0, 0.1) is 0 Å². The fourth-order valence-electron chi connectivity index (χ4n) is 2.90. The second kappa shape index (κ2) is 4.79. The first-order valence-corrected chi connectivity index (χ1v) is 8.13. The molecule has 0 aliphatic carbocycles. The molecule has 0 saturated carbocycles. The van der Waals surface area contributed by atoms with Gasteiger partial charge < -0.3 is 9.13 Å². The van der Waals surface area contributed by atoms with Crippen molar-refractivity contribution < 1.29 is 0 Å². The molecule has 2 aromatic carbocycles. The highest BCUT2D eigenvalue weighted by Gasteiger charge is 2.08. The summed E-state index contributed by atoms with van der Waals surface area (Å²) in [6, 6.07) is 13.1. The third kappa shape index (κ3) is 1.98. The third-order valence-electron chi connectivity index (χ3n) is 4.04.